The van der Waals surface area contributed by atoms with Crippen molar-refractivity contribution in [2.75, 3.05) is 5.32 Å². The number of aromatic nitrogens is 4. The van der Waals surface area contributed by atoms with Gasteiger partial charge in [-0.05, 0) is 24.3 Å². The predicted molar refractivity (Wildman–Crippen MR) is 83.9 cm³/mol. The van der Waals surface area contributed by atoms with Crippen LogP contribution in [0.15, 0.2) is 24.8 Å². The molecule has 2 N–H and O–H groups in total. The highest BCUT2D eigenvalue weighted by atomic mass is 19.1. The zero-order valence-electron chi connectivity index (χ0n) is 13.2. The van der Waals surface area contributed by atoms with Crippen LogP contribution in [0.25, 0.3) is 0 Å². The number of rotatable bonds is 5. The quantitative estimate of drug-likeness (QED) is 0.828. The number of carbonyl (C=O) groups is 1. The summed E-state index contributed by atoms with van der Waals surface area (Å²) in [5, 5.41) is 9.60. The molecule has 23 heavy (non-hydrogen) atoms. The van der Waals surface area contributed by atoms with Gasteiger partial charge >= 0.3 is 0 Å². The van der Waals surface area contributed by atoms with Gasteiger partial charge in [0.1, 0.15) is 24.0 Å². The summed E-state index contributed by atoms with van der Waals surface area (Å²) in [6, 6.07) is 1.25. The monoisotopic (exact) mass is 317 g/mol. The highest BCUT2D eigenvalue weighted by molar-refractivity contribution is 6.10. The second-order valence-corrected chi connectivity index (χ2v) is 6.03. The van der Waals surface area contributed by atoms with Crippen LogP contribution < -0.4 is 5.32 Å². The lowest BCUT2D eigenvalue weighted by Crippen LogP contribution is -2.29. The lowest BCUT2D eigenvalue weighted by molar-refractivity contribution is 0.103. The average molecular weight is 317 g/mol. The van der Waals surface area contributed by atoms with Crippen molar-refractivity contribution in [2.24, 2.45) is 11.8 Å². The Bertz CT molecular complexity index is 675. The second-order valence-electron chi connectivity index (χ2n) is 6.03. The fourth-order valence-corrected chi connectivity index (χ4v) is 3.29. The first kappa shape index (κ1) is 15.6. The molecule has 7 heteroatoms. The zero-order chi connectivity index (χ0) is 16.4. The Morgan fingerprint density at radius 3 is 3.00 bits per heavy atom. The highest BCUT2D eigenvalue weighted by Gasteiger charge is 2.40. The number of carbonyl (C=O) groups excluding carboxylic acids is 1. The van der Waals surface area contributed by atoms with E-state index in [1.165, 1.54) is 12.5 Å². The molecule has 0 unspecified atom stereocenters. The van der Waals surface area contributed by atoms with Crippen molar-refractivity contribution in [2.45, 2.75) is 38.9 Å². The molecule has 1 saturated carbocycles. The normalized spacial score (nSPS) is 27.1. The smallest absolute Gasteiger partial charge is 0.218 e. The van der Waals surface area contributed by atoms with E-state index >= 15 is 0 Å². The van der Waals surface area contributed by atoms with E-state index in [4.69, 9.17) is 0 Å². The molecule has 6 nitrogen and oxygen atoms in total. The summed E-state index contributed by atoms with van der Waals surface area (Å²) >= 11 is 0. The highest BCUT2D eigenvalue weighted by Crippen LogP contribution is 2.37. The fraction of sp³-hybridized carbons (Fsp3) is 0.500. The summed E-state index contributed by atoms with van der Waals surface area (Å²) in [5.41, 5.74) is 0.588. The number of nitrogens with one attached hydrogen (secondary N) is 2. The Kier molecular flexibility index (Phi) is 4.36. The van der Waals surface area contributed by atoms with E-state index in [9.17, 15) is 9.18 Å². The van der Waals surface area contributed by atoms with Gasteiger partial charge in [-0.2, -0.15) is 5.10 Å². The first-order valence-corrected chi connectivity index (χ1v) is 7.86. The van der Waals surface area contributed by atoms with Crippen molar-refractivity contribution in [3.63, 3.8) is 0 Å². The number of nitrogens with zero attached hydrogens (tertiary/aromatic N) is 3. The maximum absolute atomic E-state index is 14.5. The molecule has 0 bridgehead atoms. The number of halogens is 1. The molecule has 1 aliphatic rings. The average Bonchev–Trinajstić information content (AvgIpc) is 3.19. The SMILES string of the molecule is CC[C@H]1C[C@@H](Nc2ncncc2C(=O)c2cc[nH]n2)[C@@H](F)[C@@H]1C. The largest absolute Gasteiger partial charge is 0.364 e. The Morgan fingerprint density at radius 1 is 1.52 bits per heavy atom. The summed E-state index contributed by atoms with van der Waals surface area (Å²) in [6.07, 6.45) is 5.10. The van der Waals surface area contributed by atoms with Crippen LogP contribution in [0.5, 0.6) is 0 Å². The standard InChI is InChI=1S/C16H20FN5O/c1-3-10-6-13(14(17)9(10)2)21-16-11(7-18-8-19-16)15(23)12-4-5-20-22-12/h4-5,7-10,13-14H,3,6H2,1-2H3,(H,20,22)(H,18,19,21)/t9-,10+,13-,14+/m1/s1. The van der Waals surface area contributed by atoms with E-state index in [0.717, 1.165) is 12.8 Å². The second kappa shape index (κ2) is 6.44. The van der Waals surface area contributed by atoms with Gasteiger partial charge in [-0.1, -0.05) is 20.3 Å². The van der Waals surface area contributed by atoms with Gasteiger partial charge in [-0.25, -0.2) is 14.4 Å². The van der Waals surface area contributed by atoms with Crippen molar-refractivity contribution in [3.8, 4) is 0 Å². The lowest BCUT2D eigenvalue weighted by atomic mass is 9.95. The topological polar surface area (TPSA) is 83.6 Å². The van der Waals surface area contributed by atoms with Crippen LogP contribution >= 0.6 is 0 Å². The van der Waals surface area contributed by atoms with Gasteiger partial charge in [-0.15, -0.1) is 0 Å². The molecule has 0 aromatic carbocycles. The van der Waals surface area contributed by atoms with E-state index in [2.05, 4.69) is 32.4 Å². The molecule has 0 aliphatic heterocycles. The van der Waals surface area contributed by atoms with Gasteiger partial charge < -0.3 is 5.32 Å². The van der Waals surface area contributed by atoms with Gasteiger partial charge in [0, 0.05) is 12.4 Å². The minimum atomic E-state index is -0.955. The molecular formula is C16H20FN5O. The van der Waals surface area contributed by atoms with Crippen LogP contribution in [0.4, 0.5) is 10.2 Å². The van der Waals surface area contributed by atoms with Crippen LogP contribution in [0, 0.1) is 11.8 Å². The van der Waals surface area contributed by atoms with E-state index in [1.807, 2.05) is 6.92 Å². The van der Waals surface area contributed by atoms with Crippen LogP contribution in [0.2, 0.25) is 0 Å². The zero-order valence-corrected chi connectivity index (χ0v) is 13.2. The van der Waals surface area contributed by atoms with E-state index in [-0.39, 0.29) is 23.4 Å². The van der Waals surface area contributed by atoms with Gasteiger partial charge in [0.25, 0.3) is 0 Å². The van der Waals surface area contributed by atoms with Crippen LogP contribution in [0.3, 0.4) is 0 Å². The van der Waals surface area contributed by atoms with Gasteiger partial charge in [-0.3, -0.25) is 9.89 Å². The molecule has 2 heterocycles. The van der Waals surface area contributed by atoms with Crippen LogP contribution in [-0.2, 0) is 0 Å². The maximum Gasteiger partial charge on any atom is 0.218 e. The molecule has 0 amide bonds. The number of hydrogen-bond acceptors (Lipinski definition) is 5. The van der Waals surface area contributed by atoms with E-state index in [1.54, 1.807) is 12.3 Å². The maximum atomic E-state index is 14.5. The van der Waals surface area contributed by atoms with Gasteiger partial charge in [0.15, 0.2) is 0 Å². The summed E-state index contributed by atoms with van der Waals surface area (Å²) in [6.45, 7) is 4.02. The number of hydrogen-bond donors (Lipinski definition) is 2. The van der Waals surface area contributed by atoms with Crippen LogP contribution in [-0.4, -0.2) is 38.2 Å². The first-order chi connectivity index (χ1) is 11.1. The third-order valence-corrected chi connectivity index (χ3v) is 4.72. The Hall–Kier alpha value is -2.31. The van der Waals surface area contributed by atoms with Crippen LogP contribution in [0.1, 0.15) is 42.7 Å². The number of anilines is 1. The molecule has 122 valence electrons. The molecule has 0 spiro atoms. The number of H-pyrrole nitrogens is 1. The molecule has 2 aromatic heterocycles. The number of ketones is 1. The van der Waals surface area contributed by atoms with E-state index < -0.39 is 6.17 Å². The Balaban J connectivity index is 1.83. The molecule has 0 radical (unpaired) electrons. The minimum absolute atomic E-state index is 0.00447. The molecule has 0 saturated heterocycles. The van der Waals surface area contributed by atoms with E-state index in [0.29, 0.717) is 17.3 Å². The third-order valence-electron chi connectivity index (χ3n) is 4.72. The molecule has 3 rings (SSSR count). The minimum Gasteiger partial charge on any atom is -0.364 e. The van der Waals surface area contributed by atoms with Crippen molar-refractivity contribution in [3.05, 3.63) is 36.0 Å². The molecule has 4 atom stereocenters. The van der Waals surface area contributed by atoms with Gasteiger partial charge in [0.05, 0.1) is 11.6 Å². The Morgan fingerprint density at radius 2 is 2.35 bits per heavy atom. The summed E-state index contributed by atoms with van der Waals surface area (Å²) in [4.78, 5) is 20.5. The van der Waals surface area contributed by atoms with Crippen molar-refractivity contribution < 1.29 is 9.18 Å². The summed E-state index contributed by atoms with van der Waals surface area (Å²) in [5.74, 6) is 0.423. The van der Waals surface area contributed by atoms with Crippen molar-refractivity contribution in [1.82, 2.24) is 20.2 Å². The first-order valence-electron chi connectivity index (χ1n) is 7.86. The summed E-state index contributed by atoms with van der Waals surface area (Å²) < 4.78 is 14.5. The molecule has 1 fully saturated rings. The Labute approximate surface area is 133 Å². The fourth-order valence-electron chi connectivity index (χ4n) is 3.29. The lowest BCUT2D eigenvalue weighted by Gasteiger charge is -2.18. The molecular weight excluding hydrogens is 297 g/mol. The predicted octanol–water partition coefficient (Wildman–Crippen LogP) is 2.62. The number of alkyl halides is 1. The number of aromatic amines is 1. The van der Waals surface area contributed by atoms with Crippen molar-refractivity contribution >= 4 is 11.6 Å². The molecule has 1 aliphatic carbocycles. The summed E-state index contributed by atoms with van der Waals surface area (Å²) in [7, 11) is 0. The van der Waals surface area contributed by atoms with Crippen molar-refractivity contribution in [1.29, 1.82) is 0 Å². The third kappa shape index (κ3) is 2.95. The molecule has 2 aromatic rings. The van der Waals surface area contributed by atoms with Gasteiger partial charge in [0.2, 0.25) is 5.78 Å².